The van der Waals surface area contributed by atoms with Crippen molar-refractivity contribution in [3.05, 3.63) is 130 Å². The summed E-state index contributed by atoms with van der Waals surface area (Å²) in [5.41, 5.74) is 2.43. The summed E-state index contributed by atoms with van der Waals surface area (Å²) in [6, 6.07) is 28.6. The molecule has 0 spiro atoms. The Hall–Kier alpha value is -3.65. The van der Waals surface area contributed by atoms with E-state index in [0.717, 1.165) is 74.6 Å². The average Bonchev–Trinajstić information content (AvgIpc) is 3.17. The van der Waals surface area contributed by atoms with Crippen LogP contribution >= 0.6 is 23.2 Å². The molecule has 292 valence electrons. The molecule has 0 radical (unpaired) electrons. The predicted octanol–water partition coefficient (Wildman–Crippen LogP) is 10.9. The third-order valence-corrected chi connectivity index (χ3v) is 12.8. The number of likely N-dealkylation sites (tertiary alicyclic amines) is 2. The van der Waals surface area contributed by atoms with Gasteiger partial charge in [0.2, 0.25) is 5.91 Å². The summed E-state index contributed by atoms with van der Waals surface area (Å²) < 4.78 is 37.8. The zero-order valence-corrected chi connectivity index (χ0v) is 33.1. The Bertz CT molecular complexity index is 1830. The third kappa shape index (κ3) is 9.84. The first-order chi connectivity index (χ1) is 26.7. The number of carbonyl (C=O) groups excluding carboxylic acids is 1. The van der Waals surface area contributed by atoms with Gasteiger partial charge in [-0.05, 0) is 142 Å². The van der Waals surface area contributed by atoms with E-state index in [0.29, 0.717) is 41.2 Å². The van der Waals surface area contributed by atoms with E-state index in [9.17, 15) is 13.6 Å². The van der Waals surface area contributed by atoms with Gasteiger partial charge in [0, 0.05) is 53.5 Å². The molecule has 2 aliphatic carbocycles. The van der Waals surface area contributed by atoms with Crippen LogP contribution in [0.5, 0.6) is 11.5 Å². The Labute approximate surface area is 334 Å². The molecule has 0 bridgehead atoms. The second kappa shape index (κ2) is 18.1. The number of amides is 1. The molecule has 2 saturated carbocycles. The van der Waals surface area contributed by atoms with Crippen molar-refractivity contribution in [3.8, 4) is 11.5 Å². The molecule has 0 N–H and O–H groups in total. The lowest BCUT2D eigenvalue weighted by Gasteiger charge is -2.47. The molecule has 0 unspecified atom stereocenters. The fourth-order valence-corrected chi connectivity index (χ4v) is 9.16. The molecular formula is C46H52Cl2F2N2O3. The summed E-state index contributed by atoms with van der Waals surface area (Å²) >= 11 is 12.1. The molecule has 4 aromatic carbocycles. The van der Waals surface area contributed by atoms with Crippen molar-refractivity contribution >= 4 is 29.1 Å². The van der Waals surface area contributed by atoms with Crippen molar-refractivity contribution in [1.82, 2.24) is 9.80 Å². The average molecular weight is 790 g/mol. The van der Waals surface area contributed by atoms with Crippen LogP contribution in [-0.4, -0.2) is 61.6 Å². The molecule has 0 aromatic heterocycles. The van der Waals surface area contributed by atoms with Crippen LogP contribution < -0.4 is 9.47 Å². The minimum absolute atomic E-state index is 0.223. The standard InChI is InChI=1S/C23H25ClFNO2.C23H27ClFNO/c24-19-6-4-18(5-7-19)23(12-2-13-23)22(27)26-14-1-3-17(15-26)16-28-21-10-8-20(25)9-11-21;24-20-6-4-19(5-7-20)23(12-2-13-23)17-26-14-1-3-18(15-26)16-27-22-10-8-21(25)9-11-22/h4-11,17H,1-3,12-16H2;4-11,18H,1-3,12-17H2/t17-;18-/m11/s1. The lowest BCUT2D eigenvalue weighted by atomic mass is 9.63. The van der Waals surface area contributed by atoms with Crippen LogP contribution in [0.25, 0.3) is 0 Å². The number of hydrogen-bond donors (Lipinski definition) is 0. The van der Waals surface area contributed by atoms with Gasteiger partial charge >= 0.3 is 0 Å². The van der Waals surface area contributed by atoms with E-state index in [1.807, 2.05) is 41.3 Å². The van der Waals surface area contributed by atoms with Gasteiger partial charge in [0.15, 0.2) is 0 Å². The summed E-state index contributed by atoms with van der Waals surface area (Å²) in [7, 11) is 0. The van der Waals surface area contributed by atoms with Crippen LogP contribution in [0.15, 0.2) is 97.1 Å². The summed E-state index contributed by atoms with van der Waals surface area (Å²) in [5, 5.41) is 1.51. The first-order valence-electron chi connectivity index (χ1n) is 20.0. The van der Waals surface area contributed by atoms with E-state index in [4.69, 9.17) is 32.7 Å². The summed E-state index contributed by atoms with van der Waals surface area (Å²) in [4.78, 5) is 18.1. The van der Waals surface area contributed by atoms with Gasteiger partial charge in [-0.3, -0.25) is 4.79 Å². The summed E-state index contributed by atoms with van der Waals surface area (Å²) in [6.07, 6.45) is 11.2. The number of benzene rings is 4. The number of carbonyl (C=O) groups is 1. The topological polar surface area (TPSA) is 42.0 Å². The van der Waals surface area contributed by atoms with Crippen molar-refractivity contribution in [2.75, 3.05) is 45.9 Å². The van der Waals surface area contributed by atoms with Gasteiger partial charge in [0.1, 0.15) is 23.1 Å². The minimum Gasteiger partial charge on any atom is -0.493 e. The third-order valence-electron chi connectivity index (χ3n) is 12.3. The molecule has 2 heterocycles. The first-order valence-corrected chi connectivity index (χ1v) is 20.8. The monoisotopic (exact) mass is 788 g/mol. The lowest BCUT2D eigenvalue weighted by Crippen LogP contribution is -2.54. The fraction of sp³-hybridized carbons (Fsp3) is 0.457. The van der Waals surface area contributed by atoms with E-state index < -0.39 is 0 Å². The van der Waals surface area contributed by atoms with Crippen molar-refractivity contribution < 1.29 is 23.0 Å². The second-order valence-electron chi connectivity index (χ2n) is 16.1. The normalized spacial score (nSPS) is 21.6. The van der Waals surface area contributed by atoms with Crippen molar-refractivity contribution in [3.63, 3.8) is 0 Å². The molecular weight excluding hydrogens is 737 g/mol. The molecule has 9 heteroatoms. The molecule has 2 aliphatic heterocycles. The number of piperidine rings is 2. The number of ether oxygens (including phenoxy) is 2. The number of halogens is 4. The van der Waals surface area contributed by atoms with Crippen LogP contribution in [-0.2, 0) is 15.6 Å². The zero-order chi connectivity index (χ0) is 38.3. The smallest absolute Gasteiger partial charge is 0.233 e. The Kier molecular flexibility index (Phi) is 13.0. The highest BCUT2D eigenvalue weighted by Crippen LogP contribution is 2.47. The predicted molar refractivity (Wildman–Crippen MR) is 216 cm³/mol. The maximum atomic E-state index is 13.5. The van der Waals surface area contributed by atoms with E-state index in [2.05, 4.69) is 17.0 Å². The lowest BCUT2D eigenvalue weighted by molar-refractivity contribution is -0.143. The van der Waals surface area contributed by atoms with Gasteiger partial charge in [0.05, 0.1) is 18.6 Å². The number of hydrogen-bond acceptors (Lipinski definition) is 4. The van der Waals surface area contributed by atoms with Gasteiger partial charge in [0.25, 0.3) is 0 Å². The van der Waals surface area contributed by atoms with E-state index in [-0.39, 0.29) is 23.0 Å². The molecule has 5 nitrogen and oxygen atoms in total. The molecule has 4 fully saturated rings. The van der Waals surface area contributed by atoms with Gasteiger partial charge in [-0.2, -0.15) is 0 Å². The van der Waals surface area contributed by atoms with Crippen LogP contribution in [0.4, 0.5) is 8.78 Å². The Morgan fingerprint density at radius 1 is 0.618 bits per heavy atom. The summed E-state index contributed by atoms with van der Waals surface area (Å²) in [6.45, 7) is 6.15. The Morgan fingerprint density at radius 2 is 1.11 bits per heavy atom. The Balaban J connectivity index is 0.000000169. The van der Waals surface area contributed by atoms with Crippen molar-refractivity contribution in [2.45, 2.75) is 75.0 Å². The number of nitrogens with zero attached hydrogens (tertiary/aromatic N) is 2. The van der Waals surface area contributed by atoms with Crippen molar-refractivity contribution in [2.24, 2.45) is 11.8 Å². The van der Waals surface area contributed by atoms with E-state index in [1.165, 1.54) is 68.5 Å². The maximum absolute atomic E-state index is 13.5. The SMILES string of the molecule is Fc1ccc(OC[C@@H]2CCCN(CC3(c4ccc(Cl)cc4)CCC3)C2)cc1.O=C(N1CCC[C@@H](COc2ccc(F)cc2)C1)C1(c2ccc(Cl)cc2)CCC1. The van der Waals surface area contributed by atoms with Crippen LogP contribution in [0.3, 0.4) is 0 Å². The van der Waals surface area contributed by atoms with Crippen LogP contribution in [0, 0.1) is 23.5 Å². The molecule has 2 saturated heterocycles. The molecule has 2 atom stereocenters. The molecule has 8 rings (SSSR count). The second-order valence-corrected chi connectivity index (χ2v) is 17.0. The van der Waals surface area contributed by atoms with Gasteiger partial charge in [-0.15, -0.1) is 0 Å². The van der Waals surface area contributed by atoms with Crippen LogP contribution in [0.1, 0.15) is 75.3 Å². The highest BCUT2D eigenvalue weighted by atomic mass is 35.5. The molecule has 4 aliphatic rings. The fourth-order valence-electron chi connectivity index (χ4n) is 8.91. The quantitative estimate of drug-likeness (QED) is 0.152. The van der Waals surface area contributed by atoms with Gasteiger partial charge in [-0.25, -0.2) is 8.78 Å². The largest absolute Gasteiger partial charge is 0.493 e. The van der Waals surface area contributed by atoms with Crippen molar-refractivity contribution in [1.29, 1.82) is 0 Å². The summed E-state index contributed by atoms with van der Waals surface area (Å²) in [5.74, 6) is 2.00. The molecule has 1 amide bonds. The molecule has 55 heavy (non-hydrogen) atoms. The van der Waals surface area contributed by atoms with E-state index >= 15 is 0 Å². The van der Waals surface area contributed by atoms with Crippen LogP contribution in [0.2, 0.25) is 10.0 Å². The molecule has 4 aromatic rings. The highest BCUT2D eigenvalue weighted by molar-refractivity contribution is 6.30. The highest BCUT2D eigenvalue weighted by Gasteiger charge is 2.48. The van der Waals surface area contributed by atoms with Gasteiger partial charge in [-0.1, -0.05) is 60.3 Å². The minimum atomic E-state index is -0.385. The van der Waals surface area contributed by atoms with E-state index in [1.54, 1.807) is 24.3 Å². The first kappa shape index (κ1) is 39.6. The number of rotatable bonds is 11. The van der Waals surface area contributed by atoms with Gasteiger partial charge < -0.3 is 19.3 Å². The zero-order valence-electron chi connectivity index (χ0n) is 31.5. The maximum Gasteiger partial charge on any atom is 0.233 e. The Morgan fingerprint density at radius 3 is 1.60 bits per heavy atom.